The maximum atomic E-state index is 12.2. The molecule has 0 atom stereocenters. The summed E-state index contributed by atoms with van der Waals surface area (Å²) in [6.45, 7) is 2.28. The minimum atomic E-state index is -4.02. The monoisotopic (exact) mass is 372 g/mol. The lowest BCUT2D eigenvalue weighted by Gasteiger charge is -2.37. The van der Waals surface area contributed by atoms with Gasteiger partial charge in [-0.1, -0.05) is 64.0 Å². The third kappa shape index (κ3) is 8.48. The highest BCUT2D eigenvalue weighted by molar-refractivity contribution is 4.92. The van der Waals surface area contributed by atoms with Crippen molar-refractivity contribution >= 4 is 0 Å². The van der Waals surface area contributed by atoms with Gasteiger partial charge >= 0.3 is 6.18 Å². The standard InChI is InChI=1S/C23H39F3/c1-2-3-4-5-8-19-10-14-21(15-11-19)22-16-12-20(13-17-22)9-6-7-18-23(24,25)26/h6,9,19-22H,2-5,7-8,10-18H2,1H3. The zero-order chi connectivity index (χ0) is 18.8. The van der Waals surface area contributed by atoms with E-state index in [2.05, 4.69) is 13.0 Å². The Morgan fingerprint density at radius 2 is 1.42 bits per heavy atom. The molecule has 0 heterocycles. The van der Waals surface area contributed by atoms with E-state index in [0.29, 0.717) is 5.92 Å². The van der Waals surface area contributed by atoms with Crippen molar-refractivity contribution < 1.29 is 13.2 Å². The third-order valence-corrected chi connectivity index (χ3v) is 6.84. The predicted octanol–water partition coefficient (Wildman–Crippen LogP) is 8.47. The Kier molecular flexibility index (Phi) is 9.56. The fourth-order valence-corrected chi connectivity index (χ4v) is 5.15. The molecule has 0 aliphatic heterocycles. The van der Waals surface area contributed by atoms with Crippen molar-refractivity contribution in [2.45, 2.75) is 109 Å². The van der Waals surface area contributed by atoms with Crippen LogP contribution in [0.5, 0.6) is 0 Å². The van der Waals surface area contributed by atoms with Crippen LogP contribution in [0.3, 0.4) is 0 Å². The molecule has 2 aliphatic carbocycles. The molecule has 2 aliphatic rings. The van der Waals surface area contributed by atoms with Crippen molar-refractivity contribution in [2.75, 3.05) is 0 Å². The van der Waals surface area contributed by atoms with Crippen LogP contribution >= 0.6 is 0 Å². The van der Waals surface area contributed by atoms with E-state index in [1.54, 1.807) is 6.08 Å². The van der Waals surface area contributed by atoms with Gasteiger partial charge in [0, 0.05) is 6.42 Å². The average molecular weight is 373 g/mol. The van der Waals surface area contributed by atoms with E-state index in [1.165, 1.54) is 83.5 Å². The predicted molar refractivity (Wildman–Crippen MR) is 104 cm³/mol. The maximum Gasteiger partial charge on any atom is 0.389 e. The Balaban J connectivity index is 1.58. The molecule has 26 heavy (non-hydrogen) atoms. The molecule has 0 spiro atoms. The minimum absolute atomic E-state index is 0.145. The fourth-order valence-electron chi connectivity index (χ4n) is 5.15. The molecule has 0 saturated heterocycles. The van der Waals surface area contributed by atoms with E-state index in [-0.39, 0.29) is 6.42 Å². The van der Waals surface area contributed by atoms with E-state index in [1.807, 2.05) is 0 Å². The van der Waals surface area contributed by atoms with Gasteiger partial charge in [0.1, 0.15) is 0 Å². The van der Waals surface area contributed by atoms with Crippen molar-refractivity contribution in [1.82, 2.24) is 0 Å². The van der Waals surface area contributed by atoms with Crippen molar-refractivity contribution in [3.05, 3.63) is 12.2 Å². The highest BCUT2D eigenvalue weighted by Crippen LogP contribution is 2.42. The summed E-state index contributed by atoms with van der Waals surface area (Å²) in [7, 11) is 0. The van der Waals surface area contributed by atoms with Crippen LogP contribution in [-0.4, -0.2) is 6.18 Å². The van der Waals surface area contributed by atoms with E-state index >= 15 is 0 Å². The normalized spacial score (nSPS) is 30.8. The molecule has 2 fully saturated rings. The molecule has 0 aromatic carbocycles. The number of allylic oxidation sites excluding steroid dienone is 2. The number of unbranched alkanes of at least 4 members (excludes halogenated alkanes) is 3. The quantitative estimate of drug-likeness (QED) is 0.281. The number of halogens is 3. The molecule has 0 radical (unpaired) electrons. The van der Waals surface area contributed by atoms with Gasteiger partial charge in [-0.15, -0.1) is 0 Å². The van der Waals surface area contributed by atoms with Gasteiger partial charge < -0.3 is 0 Å². The Hall–Kier alpha value is -0.470. The molecular weight excluding hydrogens is 333 g/mol. The number of rotatable bonds is 9. The first kappa shape index (κ1) is 21.8. The lowest BCUT2D eigenvalue weighted by Crippen LogP contribution is -2.25. The first-order chi connectivity index (χ1) is 12.5. The second-order valence-corrected chi connectivity index (χ2v) is 8.89. The van der Waals surface area contributed by atoms with Gasteiger partial charge in [-0.3, -0.25) is 0 Å². The zero-order valence-electron chi connectivity index (χ0n) is 16.7. The lowest BCUT2D eigenvalue weighted by atomic mass is 9.68. The van der Waals surface area contributed by atoms with Crippen molar-refractivity contribution in [2.24, 2.45) is 23.7 Å². The van der Waals surface area contributed by atoms with Crippen LogP contribution in [0, 0.1) is 23.7 Å². The summed E-state index contributed by atoms with van der Waals surface area (Å²) in [5, 5.41) is 0. The summed E-state index contributed by atoms with van der Waals surface area (Å²) in [6, 6.07) is 0. The van der Waals surface area contributed by atoms with E-state index in [4.69, 9.17) is 0 Å². The molecule has 0 N–H and O–H groups in total. The third-order valence-electron chi connectivity index (χ3n) is 6.84. The van der Waals surface area contributed by atoms with Crippen molar-refractivity contribution in [3.63, 3.8) is 0 Å². The molecule has 0 unspecified atom stereocenters. The molecule has 3 heteroatoms. The molecule has 0 bridgehead atoms. The molecule has 0 nitrogen and oxygen atoms in total. The fraction of sp³-hybridized carbons (Fsp3) is 0.913. The van der Waals surface area contributed by atoms with Crippen LogP contribution in [0.25, 0.3) is 0 Å². The molecular formula is C23H39F3. The zero-order valence-corrected chi connectivity index (χ0v) is 16.7. The van der Waals surface area contributed by atoms with Crippen LogP contribution in [-0.2, 0) is 0 Å². The Labute approximate surface area is 159 Å². The van der Waals surface area contributed by atoms with Gasteiger partial charge in [-0.25, -0.2) is 0 Å². The van der Waals surface area contributed by atoms with Crippen LogP contribution in [0.4, 0.5) is 13.2 Å². The van der Waals surface area contributed by atoms with Gasteiger partial charge in [0.05, 0.1) is 0 Å². The Morgan fingerprint density at radius 1 is 0.808 bits per heavy atom. The summed E-state index contributed by atoms with van der Waals surface area (Å²) >= 11 is 0. The summed E-state index contributed by atoms with van der Waals surface area (Å²) < 4.78 is 36.5. The lowest BCUT2D eigenvalue weighted by molar-refractivity contribution is -0.133. The van der Waals surface area contributed by atoms with Crippen molar-refractivity contribution in [1.29, 1.82) is 0 Å². The van der Waals surface area contributed by atoms with E-state index < -0.39 is 12.6 Å². The van der Waals surface area contributed by atoms with Gasteiger partial charge in [-0.2, -0.15) is 13.2 Å². The second-order valence-electron chi connectivity index (χ2n) is 8.89. The number of alkyl halides is 3. The summed E-state index contributed by atoms with van der Waals surface area (Å²) in [6.07, 6.45) is 17.0. The average Bonchev–Trinajstić information content (AvgIpc) is 2.63. The minimum Gasteiger partial charge on any atom is -0.171 e. The molecule has 0 aromatic heterocycles. The van der Waals surface area contributed by atoms with Gasteiger partial charge in [-0.05, 0) is 68.6 Å². The topological polar surface area (TPSA) is 0 Å². The molecule has 0 amide bonds. The maximum absolute atomic E-state index is 12.2. The van der Waals surface area contributed by atoms with Crippen LogP contribution in [0.2, 0.25) is 0 Å². The smallest absolute Gasteiger partial charge is 0.171 e. The number of hydrogen-bond acceptors (Lipinski definition) is 0. The first-order valence-electron chi connectivity index (χ1n) is 11.2. The summed E-state index contributed by atoms with van der Waals surface area (Å²) in [5.74, 6) is 3.32. The van der Waals surface area contributed by atoms with Crippen molar-refractivity contribution in [3.8, 4) is 0 Å². The van der Waals surface area contributed by atoms with Crippen LogP contribution < -0.4 is 0 Å². The highest BCUT2D eigenvalue weighted by atomic mass is 19.4. The number of hydrogen-bond donors (Lipinski definition) is 0. The Bertz CT molecular complexity index is 383. The first-order valence-corrected chi connectivity index (χ1v) is 11.2. The molecule has 152 valence electrons. The van der Waals surface area contributed by atoms with Crippen LogP contribution in [0.1, 0.15) is 103 Å². The van der Waals surface area contributed by atoms with Crippen LogP contribution in [0.15, 0.2) is 12.2 Å². The molecule has 2 saturated carbocycles. The van der Waals surface area contributed by atoms with E-state index in [0.717, 1.165) is 17.8 Å². The highest BCUT2D eigenvalue weighted by Gasteiger charge is 2.30. The van der Waals surface area contributed by atoms with E-state index in [9.17, 15) is 13.2 Å². The summed E-state index contributed by atoms with van der Waals surface area (Å²) in [4.78, 5) is 0. The molecule has 0 aromatic rings. The Morgan fingerprint density at radius 3 is 2.00 bits per heavy atom. The largest absolute Gasteiger partial charge is 0.389 e. The second kappa shape index (κ2) is 11.4. The van der Waals surface area contributed by atoms with Gasteiger partial charge in [0.15, 0.2) is 0 Å². The van der Waals surface area contributed by atoms with Gasteiger partial charge in [0.2, 0.25) is 0 Å². The SMILES string of the molecule is CCCCCCC1CCC(C2CCC(C=CCCC(F)(F)F)CC2)CC1. The van der Waals surface area contributed by atoms with Gasteiger partial charge in [0.25, 0.3) is 0 Å². The molecule has 2 rings (SSSR count). The summed E-state index contributed by atoms with van der Waals surface area (Å²) in [5.41, 5.74) is 0.